The first-order valence-electron chi connectivity index (χ1n) is 8.22. The molecule has 2 atom stereocenters. The number of carbonyl (C=O) groups excluding carboxylic acids is 1. The maximum Gasteiger partial charge on any atom is 0.233 e. The number of aromatic nitrogens is 3. The number of fused-ring (bicyclic) bond motifs is 1. The van der Waals surface area contributed by atoms with Gasteiger partial charge in [-0.25, -0.2) is 0 Å². The predicted molar refractivity (Wildman–Crippen MR) is 84.9 cm³/mol. The molecule has 2 aliphatic heterocycles. The molecule has 1 aromatic rings. The maximum absolute atomic E-state index is 12.2. The molecule has 1 fully saturated rings. The lowest BCUT2D eigenvalue weighted by Crippen LogP contribution is -2.36. The summed E-state index contributed by atoms with van der Waals surface area (Å²) in [6.07, 6.45) is 6.90. The van der Waals surface area contributed by atoms with Gasteiger partial charge in [0.25, 0.3) is 0 Å². The highest BCUT2D eigenvalue weighted by molar-refractivity contribution is 8.00. The first-order chi connectivity index (χ1) is 10.7. The van der Waals surface area contributed by atoms with Crippen LogP contribution >= 0.6 is 11.8 Å². The number of amides is 1. The van der Waals surface area contributed by atoms with Gasteiger partial charge in [-0.1, -0.05) is 18.2 Å². The highest BCUT2D eigenvalue weighted by Crippen LogP contribution is 2.25. The van der Waals surface area contributed by atoms with Gasteiger partial charge in [-0.3, -0.25) is 4.79 Å². The Bertz CT molecular complexity index is 514. The monoisotopic (exact) mass is 324 g/mol. The van der Waals surface area contributed by atoms with E-state index in [2.05, 4.69) is 20.1 Å². The van der Waals surface area contributed by atoms with Crippen molar-refractivity contribution in [3.63, 3.8) is 0 Å². The molecule has 1 amide bonds. The fraction of sp³-hybridized carbons (Fsp3) is 0.800. The van der Waals surface area contributed by atoms with E-state index in [9.17, 15) is 4.79 Å². The van der Waals surface area contributed by atoms with Gasteiger partial charge in [0.1, 0.15) is 5.82 Å². The second-order valence-electron chi connectivity index (χ2n) is 6.00. The third kappa shape index (κ3) is 3.81. The van der Waals surface area contributed by atoms with Crippen molar-refractivity contribution in [3.05, 3.63) is 5.82 Å². The summed E-state index contributed by atoms with van der Waals surface area (Å²) in [5, 5.41) is 12.2. The Balaban J connectivity index is 1.53. The van der Waals surface area contributed by atoms with Crippen molar-refractivity contribution in [2.24, 2.45) is 0 Å². The zero-order valence-electron chi connectivity index (χ0n) is 13.1. The van der Waals surface area contributed by atoms with Crippen LogP contribution in [0.3, 0.4) is 0 Å². The molecule has 22 heavy (non-hydrogen) atoms. The van der Waals surface area contributed by atoms with Crippen LogP contribution in [-0.4, -0.2) is 45.2 Å². The summed E-state index contributed by atoms with van der Waals surface area (Å²) in [5.41, 5.74) is 0. The van der Waals surface area contributed by atoms with E-state index in [0.29, 0.717) is 6.54 Å². The Morgan fingerprint density at radius 1 is 1.41 bits per heavy atom. The van der Waals surface area contributed by atoms with Crippen LogP contribution in [0.1, 0.15) is 44.9 Å². The molecule has 1 aromatic heterocycles. The van der Waals surface area contributed by atoms with Gasteiger partial charge < -0.3 is 14.6 Å². The molecule has 0 spiro atoms. The van der Waals surface area contributed by atoms with Crippen molar-refractivity contribution < 1.29 is 9.53 Å². The lowest BCUT2D eigenvalue weighted by molar-refractivity contribution is -0.120. The molecule has 3 heterocycles. The van der Waals surface area contributed by atoms with Crippen molar-refractivity contribution in [2.45, 2.75) is 68.5 Å². The topological polar surface area (TPSA) is 69.0 Å². The van der Waals surface area contributed by atoms with Crippen LogP contribution in [0, 0.1) is 0 Å². The van der Waals surface area contributed by atoms with Crippen LogP contribution < -0.4 is 5.32 Å². The summed E-state index contributed by atoms with van der Waals surface area (Å²) < 4.78 is 7.71. The van der Waals surface area contributed by atoms with Gasteiger partial charge >= 0.3 is 0 Å². The molecule has 1 saturated heterocycles. The first kappa shape index (κ1) is 15.8. The molecule has 7 heteroatoms. The van der Waals surface area contributed by atoms with Gasteiger partial charge in [0.05, 0.1) is 11.4 Å². The number of rotatable bonds is 5. The molecule has 122 valence electrons. The van der Waals surface area contributed by atoms with Gasteiger partial charge in [0, 0.05) is 26.1 Å². The molecule has 0 saturated carbocycles. The van der Waals surface area contributed by atoms with Crippen molar-refractivity contribution in [3.8, 4) is 0 Å². The number of hydrogen-bond donors (Lipinski definition) is 1. The number of nitrogens with zero attached hydrogens (tertiary/aromatic N) is 3. The van der Waals surface area contributed by atoms with E-state index in [1.165, 1.54) is 24.6 Å². The second-order valence-corrected chi connectivity index (χ2v) is 7.31. The van der Waals surface area contributed by atoms with Crippen LogP contribution in [0.2, 0.25) is 0 Å². The molecule has 6 nitrogen and oxygen atoms in total. The van der Waals surface area contributed by atoms with Crippen LogP contribution in [-0.2, 0) is 22.5 Å². The van der Waals surface area contributed by atoms with Gasteiger partial charge in [-0.05, 0) is 32.6 Å². The van der Waals surface area contributed by atoms with E-state index in [4.69, 9.17) is 4.74 Å². The number of ether oxygens (including phenoxy) is 1. The van der Waals surface area contributed by atoms with Gasteiger partial charge in [0.2, 0.25) is 5.91 Å². The lowest BCUT2D eigenvalue weighted by atomic mass is 10.2. The third-order valence-electron chi connectivity index (χ3n) is 4.25. The van der Waals surface area contributed by atoms with E-state index in [1.54, 1.807) is 0 Å². The van der Waals surface area contributed by atoms with E-state index < -0.39 is 0 Å². The molecule has 0 unspecified atom stereocenters. The van der Waals surface area contributed by atoms with Crippen LogP contribution in [0.4, 0.5) is 0 Å². The molecule has 0 aromatic carbocycles. The zero-order valence-corrected chi connectivity index (χ0v) is 13.9. The predicted octanol–water partition coefficient (Wildman–Crippen LogP) is 1.78. The molecule has 2 aliphatic rings. The Hall–Kier alpha value is -1.08. The standard InChI is InChI=1S/C15H24N4O2S/c1-11(14(20)16-10-12-6-5-9-21-12)22-15-18-17-13-7-3-2-4-8-19(13)15/h11-12H,2-10H2,1H3,(H,16,20)/t11-,12+/m1/s1. The first-order valence-corrected chi connectivity index (χ1v) is 9.10. The minimum absolute atomic E-state index is 0.0477. The summed E-state index contributed by atoms with van der Waals surface area (Å²) in [4.78, 5) is 12.2. The number of nitrogens with one attached hydrogen (secondary N) is 1. The molecule has 0 bridgehead atoms. The van der Waals surface area contributed by atoms with Crippen molar-refractivity contribution in [2.75, 3.05) is 13.2 Å². The fourth-order valence-electron chi connectivity index (χ4n) is 2.92. The fourth-order valence-corrected chi connectivity index (χ4v) is 3.84. The molecular weight excluding hydrogens is 300 g/mol. The van der Waals surface area contributed by atoms with Crippen molar-refractivity contribution >= 4 is 17.7 Å². The average molecular weight is 324 g/mol. The van der Waals surface area contributed by atoms with Gasteiger partial charge in [-0.2, -0.15) is 0 Å². The highest BCUT2D eigenvalue weighted by Gasteiger charge is 2.22. The molecular formula is C15H24N4O2S. The quantitative estimate of drug-likeness (QED) is 0.836. The number of thioether (sulfide) groups is 1. The van der Waals surface area contributed by atoms with Crippen LogP contribution in [0.15, 0.2) is 5.16 Å². The molecule has 0 aliphatic carbocycles. The minimum Gasteiger partial charge on any atom is -0.376 e. The van der Waals surface area contributed by atoms with Crippen molar-refractivity contribution in [1.82, 2.24) is 20.1 Å². The van der Waals surface area contributed by atoms with Gasteiger partial charge in [0.15, 0.2) is 5.16 Å². The molecule has 0 radical (unpaired) electrons. The SMILES string of the molecule is C[C@@H](Sc1nnc2n1CCCCC2)C(=O)NC[C@@H]1CCCO1. The van der Waals surface area contributed by atoms with Gasteiger partial charge in [-0.15, -0.1) is 10.2 Å². The molecule has 1 N–H and O–H groups in total. The Labute approximate surface area is 135 Å². The van der Waals surface area contributed by atoms with Crippen molar-refractivity contribution in [1.29, 1.82) is 0 Å². The Morgan fingerprint density at radius 3 is 3.14 bits per heavy atom. The minimum atomic E-state index is -0.169. The highest BCUT2D eigenvalue weighted by atomic mass is 32.2. The number of hydrogen-bond acceptors (Lipinski definition) is 5. The molecule has 3 rings (SSSR count). The van der Waals surface area contributed by atoms with E-state index >= 15 is 0 Å². The van der Waals surface area contributed by atoms with E-state index in [0.717, 1.165) is 49.8 Å². The summed E-state index contributed by atoms with van der Waals surface area (Å²) >= 11 is 1.50. The average Bonchev–Trinajstić information content (AvgIpc) is 3.10. The van der Waals surface area contributed by atoms with E-state index in [-0.39, 0.29) is 17.3 Å². The summed E-state index contributed by atoms with van der Waals surface area (Å²) in [6, 6.07) is 0. The van der Waals surface area contributed by atoms with Crippen LogP contribution in [0.5, 0.6) is 0 Å². The Kier molecular flexibility index (Phi) is 5.36. The Morgan fingerprint density at radius 2 is 2.32 bits per heavy atom. The number of aryl methyl sites for hydroxylation is 1. The number of carbonyl (C=O) groups is 1. The van der Waals surface area contributed by atoms with Crippen LogP contribution in [0.25, 0.3) is 0 Å². The maximum atomic E-state index is 12.2. The zero-order chi connectivity index (χ0) is 15.4. The summed E-state index contributed by atoms with van der Waals surface area (Å²) in [6.45, 7) is 4.32. The normalized spacial score (nSPS) is 22.9. The third-order valence-corrected chi connectivity index (χ3v) is 5.34. The second kappa shape index (κ2) is 7.46. The van der Waals surface area contributed by atoms with E-state index in [1.807, 2.05) is 6.92 Å². The summed E-state index contributed by atoms with van der Waals surface area (Å²) in [7, 11) is 0. The lowest BCUT2D eigenvalue weighted by Gasteiger charge is -2.15. The summed E-state index contributed by atoms with van der Waals surface area (Å²) in [5.74, 6) is 1.11. The smallest absolute Gasteiger partial charge is 0.233 e. The largest absolute Gasteiger partial charge is 0.376 e.